The molecule has 3 nitrogen and oxygen atoms in total. The van der Waals surface area contributed by atoms with Crippen molar-refractivity contribution in [2.75, 3.05) is 18.1 Å². The molecule has 1 atom stereocenters. The second kappa shape index (κ2) is 9.04. The van der Waals surface area contributed by atoms with Crippen LogP contribution in [0, 0.1) is 5.92 Å². The Labute approximate surface area is 97.6 Å². The molecule has 3 N–H and O–H groups in total. The second-order valence-electron chi connectivity index (χ2n) is 4.35. The summed E-state index contributed by atoms with van der Waals surface area (Å²) in [5.74, 6) is 2.32. The first-order valence-electron chi connectivity index (χ1n) is 5.62. The van der Waals surface area contributed by atoms with E-state index in [4.69, 9.17) is 5.73 Å². The van der Waals surface area contributed by atoms with Crippen molar-refractivity contribution in [1.82, 2.24) is 5.32 Å². The van der Waals surface area contributed by atoms with Crippen LogP contribution >= 0.6 is 11.8 Å². The molecule has 0 aliphatic rings. The summed E-state index contributed by atoms with van der Waals surface area (Å²) < 4.78 is 0. The lowest BCUT2D eigenvalue weighted by molar-refractivity contribution is -0.118. The molecule has 0 aromatic carbocycles. The van der Waals surface area contributed by atoms with Crippen molar-refractivity contribution in [2.24, 2.45) is 11.7 Å². The molecule has 90 valence electrons. The van der Waals surface area contributed by atoms with Crippen molar-refractivity contribution >= 4 is 17.7 Å². The molecule has 0 aromatic rings. The molecular weight excluding hydrogens is 208 g/mol. The van der Waals surface area contributed by atoms with Crippen LogP contribution in [-0.2, 0) is 4.79 Å². The number of hydrogen-bond donors (Lipinski definition) is 2. The van der Waals surface area contributed by atoms with Gasteiger partial charge in [0.1, 0.15) is 0 Å². The molecule has 1 amide bonds. The van der Waals surface area contributed by atoms with E-state index in [9.17, 15) is 4.79 Å². The van der Waals surface area contributed by atoms with Gasteiger partial charge in [-0.25, -0.2) is 0 Å². The molecule has 0 rings (SSSR count). The van der Waals surface area contributed by atoms with E-state index in [1.54, 1.807) is 11.8 Å². The highest BCUT2D eigenvalue weighted by atomic mass is 32.2. The van der Waals surface area contributed by atoms with E-state index in [0.717, 1.165) is 25.1 Å². The number of amides is 1. The Morgan fingerprint density at radius 1 is 1.33 bits per heavy atom. The maximum Gasteiger partial charge on any atom is 0.229 e. The molecule has 0 radical (unpaired) electrons. The maximum atomic E-state index is 11.3. The number of carbonyl (C=O) groups is 1. The average Bonchev–Trinajstić information content (AvgIpc) is 2.11. The summed E-state index contributed by atoms with van der Waals surface area (Å²) in [6.07, 6.45) is 2.03. The first-order chi connectivity index (χ1) is 7.02. The molecule has 0 saturated carbocycles. The Morgan fingerprint density at radius 3 is 2.53 bits per heavy atom. The van der Waals surface area contributed by atoms with Gasteiger partial charge in [-0.05, 0) is 31.4 Å². The van der Waals surface area contributed by atoms with Gasteiger partial charge in [-0.15, -0.1) is 0 Å². The topological polar surface area (TPSA) is 55.1 Å². The zero-order valence-electron chi connectivity index (χ0n) is 10.1. The highest BCUT2D eigenvalue weighted by Gasteiger charge is 2.02. The predicted octanol–water partition coefficient (Wildman–Crippen LogP) is 1.62. The first-order valence-corrected chi connectivity index (χ1v) is 6.78. The number of rotatable bonds is 8. The fourth-order valence-corrected chi connectivity index (χ4v) is 1.96. The van der Waals surface area contributed by atoms with Gasteiger partial charge >= 0.3 is 0 Å². The molecule has 0 fully saturated rings. The molecule has 15 heavy (non-hydrogen) atoms. The van der Waals surface area contributed by atoms with Crippen molar-refractivity contribution in [2.45, 2.75) is 39.7 Å². The van der Waals surface area contributed by atoms with E-state index in [0.29, 0.717) is 11.7 Å². The van der Waals surface area contributed by atoms with Crippen LogP contribution in [0.15, 0.2) is 0 Å². The molecule has 4 heteroatoms. The Kier molecular flexibility index (Phi) is 8.91. The highest BCUT2D eigenvalue weighted by molar-refractivity contribution is 7.99. The first kappa shape index (κ1) is 14.8. The monoisotopic (exact) mass is 232 g/mol. The molecule has 0 spiro atoms. The van der Waals surface area contributed by atoms with Crippen LogP contribution in [0.2, 0.25) is 0 Å². The minimum absolute atomic E-state index is 0.144. The van der Waals surface area contributed by atoms with E-state index in [1.807, 2.05) is 6.92 Å². The maximum absolute atomic E-state index is 11.3. The Hall–Kier alpha value is -0.220. The van der Waals surface area contributed by atoms with Crippen LogP contribution in [-0.4, -0.2) is 30.0 Å². The van der Waals surface area contributed by atoms with Gasteiger partial charge in [0.15, 0.2) is 0 Å². The normalized spacial score (nSPS) is 12.9. The summed E-state index contributed by atoms with van der Waals surface area (Å²) in [4.78, 5) is 11.3. The van der Waals surface area contributed by atoms with Gasteiger partial charge in [-0.1, -0.05) is 13.8 Å². The average molecular weight is 232 g/mol. The second-order valence-corrected chi connectivity index (χ2v) is 5.46. The molecule has 0 aliphatic carbocycles. The van der Waals surface area contributed by atoms with Crippen LogP contribution in [0.25, 0.3) is 0 Å². The molecule has 0 heterocycles. The number of nitrogens with one attached hydrogen (secondary N) is 1. The molecule has 1 unspecified atom stereocenters. The van der Waals surface area contributed by atoms with Gasteiger partial charge in [0, 0.05) is 12.6 Å². The zero-order valence-corrected chi connectivity index (χ0v) is 10.9. The summed E-state index contributed by atoms with van der Waals surface area (Å²) >= 11 is 1.66. The van der Waals surface area contributed by atoms with Crippen LogP contribution in [0.3, 0.4) is 0 Å². The smallest absolute Gasteiger partial charge is 0.229 e. The van der Waals surface area contributed by atoms with Gasteiger partial charge in [0.25, 0.3) is 0 Å². The van der Waals surface area contributed by atoms with Gasteiger partial charge in [-0.2, -0.15) is 11.8 Å². The Bertz CT molecular complexity index is 172. The third kappa shape index (κ3) is 11.7. The molecule has 0 saturated heterocycles. The molecule has 0 aromatic heterocycles. The SMILES string of the molecule is CC(C)CCNC(=O)CSCCC(C)N. The van der Waals surface area contributed by atoms with Gasteiger partial charge in [0.05, 0.1) is 5.75 Å². The third-order valence-corrected chi connectivity index (χ3v) is 2.99. The minimum atomic E-state index is 0.144. The summed E-state index contributed by atoms with van der Waals surface area (Å²) in [6.45, 7) is 7.10. The molecule has 0 aliphatic heterocycles. The quantitative estimate of drug-likeness (QED) is 0.625. The Balaban J connectivity index is 3.26. The lowest BCUT2D eigenvalue weighted by atomic mass is 10.1. The number of nitrogens with two attached hydrogens (primary N) is 1. The lowest BCUT2D eigenvalue weighted by Gasteiger charge is -2.07. The highest BCUT2D eigenvalue weighted by Crippen LogP contribution is 2.03. The zero-order chi connectivity index (χ0) is 11.7. The van der Waals surface area contributed by atoms with E-state index in [-0.39, 0.29) is 11.9 Å². The molecular formula is C11H24N2OS. The van der Waals surface area contributed by atoms with Crippen molar-refractivity contribution in [3.05, 3.63) is 0 Å². The van der Waals surface area contributed by atoms with Crippen LogP contribution in [0.5, 0.6) is 0 Å². The number of carbonyl (C=O) groups excluding carboxylic acids is 1. The van der Waals surface area contributed by atoms with Crippen LogP contribution < -0.4 is 11.1 Å². The number of hydrogen-bond acceptors (Lipinski definition) is 3. The van der Waals surface area contributed by atoms with Crippen molar-refractivity contribution in [1.29, 1.82) is 0 Å². The largest absolute Gasteiger partial charge is 0.355 e. The fraction of sp³-hybridized carbons (Fsp3) is 0.909. The fourth-order valence-electron chi connectivity index (χ4n) is 0.985. The van der Waals surface area contributed by atoms with E-state index in [1.165, 1.54) is 0 Å². The number of thioether (sulfide) groups is 1. The summed E-state index contributed by atoms with van der Waals surface area (Å²) in [5, 5.41) is 2.91. The van der Waals surface area contributed by atoms with Gasteiger partial charge < -0.3 is 11.1 Å². The summed E-state index contributed by atoms with van der Waals surface area (Å²) in [5.41, 5.74) is 5.61. The summed E-state index contributed by atoms with van der Waals surface area (Å²) in [6, 6.07) is 0.238. The minimum Gasteiger partial charge on any atom is -0.355 e. The van der Waals surface area contributed by atoms with Crippen molar-refractivity contribution in [3.63, 3.8) is 0 Å². The third-order valence-electron chi connectivity index (χ3n) is 1.99. The standard InChI is InChI=1S/C11H24N2OS/c1-9(2)4-6-13-11(14)8-15-7-5-10(3)12/h9-10H,4-8,12H2,1-3H3,(H,13,14). The lowest BCUT2D eigenvalue weighted by Crippen LogP contribution is -2.27. The van der Waals surface area contributed by atoms with E-state index in [2.05, 4.69) is 19.2 Å². The van der Waals surface area contributed by atoms with Crippen LogP contribution in [0.4, 0.5) is 0 Å². The van der Waals surface area contributed by atoms with Gasteiger partial charge in [0.2, 0.25) is 5.91 Å². The van der Waals surface area contributed by atoms with Gasteiger partial charge in [-0.3, -0.25) is 4.79 Å². The Morgan fingerprint density at radius 2 is 2.00 bits per heavy atom. The van der Waals surface area contributed by atoms with E-state index < -0.39 is 0 Å². The predicted molar refractivity (Wildman–Crippen MR) is 68.1 cm³/mol. The van der Waals surface area contributed by atoms with Crippen molar-refractivity contribution < 1.29 is 4.79 Å². The summed E-state index contributed by atoms with van der Waals surface area (Å²) in [7, 11) is 0. The van der Waals surface area contributed by atoms with E-state index >= 15 is 0 Å². The van der Waals surface area contributed by atoms with Crippen molar-refractivity contribution in [3.8, 4) is 0 Å². The molecule has 0 bridgehead atoms. The van der Waals surface area contributed by atoms with Crippen LogP contribution in [0.1, 0.15) is 33.6 Å².